The van der Waals surface area contributed by atoms with E-state index in [1.54, 1.807) is 44.3 Å². The van der Waals surface area contributed by atoms with Crippen LogP contribution in [0.5, 0.6) is 5.75 Å². The summed E-state index contributed by atoms with van der Waals surface area (Å²) in [7, 11) is -3.62. The number of nitrogens with one attached hydrogen (secondary N) is 2. The zero-order valence-corrected chi connectivity index (χ0v) is 19.5. The molecular formula is C21H20N6O4S2. The predicted octanol–water partition coefficient (Wildman–Crippen LogP) is 4.93. The molecule has 1 amide bonds. The number of carbonyl (C=O) groups is 1. The van der Waals surface area contributed by atoms with E-state index in [0.29, 0.717) is 21.4 Å². The maximum Gasteiger partial charge on any atom is 0.229 e. The third-order valence-corrected chi connectivity index (χ3v) is 6.00. The molecule has 0 aliphatic rings. The van der Waals surface area contributed by atoms with Crippen LogP contribution in [0.15, 0.2) is 52.8 Å². The summed E-state index contributed by atoms with van der Waals surface area (Å²) in [5, 5.41) is 24.0. The van der Waals surface area contributed by atoms with Crippen molar-refractivity contribution in [1.82, 2.24) is 9.36 Å². The lowest BCUT2D eigenvalue weighted by atomic mass is 10.0. The Morgan fingerprint density at radius 3 is 2.61 bits per heavy atom. The van der Waals surface area contributed by atoms with Gasteiger partial charge in [0.15, 0.2) is 10.6 Å². The van der Waals surface area contributed by atoms with Crippen molar-refractivity contribution in [3.05, 3.63) is 42.6 Å². The minimum atomic E-state index is -3.62. The Kier molecular flexibility index (Phi) is 5.95. The van der Waals surface area contributed by atoms with Crippen LogP contribution >= 0.6 is 11.5 Å². The van der Waals surface area contributed by atoms with Gasteiger partial charge >= 0.3 is 0 Å². The zero-order chi connectivity index (χ0) is 23.8. The predicted molar refractivity (Wildman–Crippen MR) is 129 cm³/mol. The van der Waals surface area contributed by atoms with Gasteiger partial charge in [0.1, 0.15) is 5.75 Å². The molecule has 4 rings (SSSR count). The van der Waals surface area contributed by atoms with Crippen molar-refractivity contribution in [2.75, 3.05) is 16.3 Å². The summed E-state index contributed by atoms with van der Waals surface area (Å²) in [6.45, 7) is 3.45. The van der Waals surface area contributed by atoms with Gasteiger partial charge in [-0.1, -0.05) is 26.0 Å². The van der Waals surface area contributed by atoms with E-state index in [1.165, 1.54) is 6.07 Å². The molecule has 10 nitrogen and oxygen atoms in total. The quantitative estimate of drug-likeness (QED) is 0.261. The van der Waals surface area contributed by atoms with Crippen LogP contribution in [0.25, 0.3) is 21.8 Å². The number of benzene rings is 2. The second-order valence-corrected chi connectivity index (χ2v) is 10.1. The highest BCUT2D eigenvalue weighted by molar-refractivity contribution is 7.92. The fourth-order valence-electron chi connectivity index (χ4n) is 3.13. The van der Waals surface area contributed by atoms with E-state index in [1.807, 2.05) is 6.07 Å². The third kappa shape index (κ3) is 4.76. The average molecular weight is 485 g/mol. The fourth-order valence-corrected chi connectivity index (χ4v) is 4.35. The standard InChI is InChI=1S/C21H20N6O4S2/c1-11(2)20(29)23-16-10-15(24-25-21-13-7-5-9-22-19(13)26-32-21)17-12(18(16)28)6-4-8-14(17)27-33(3,30)31/h4-11,27-28H,1-3H3,(H,23,29)/b25-24+. The largest absolute Gasteiger partial charge is 0.505 e. The van der Waals surface area contributed by atoms with Gasteiger partial charge in [0.05, 0.1) is 28.7 Å². The number of azo groups is 1. The Balaban J connectivity index is 1.92. The van der Waals surface area contributed by atoms with Gasteiger partial charge < -0.3 is 10.4 Å². The number of nitrogens with zero attached hydrogens (tertiary/aromatic N) is 4. The number of rotatable bonds is 6. The van der Waals surface area contributed by atoms with Gasteiger partial charge in [-0.25, -0.2) is 13.4 Å². The number of hydrogen-bond donors (Lipinski definition) is 3. The summed E-state index contributed by atoms with van der Waals surface area (Å²) >= 11 is 1.12. The first-order valence-corrected chi connectivity index (χ1v) is 12.5. The number of anilines is 2. The molecule has 0 aliphatic heterocycles. The smallest absolute Gasteiger partial charge is 0.229 e. The SMILES string of the molecule is CC(C)C(=O)Nc1cc(/N=N/c2snc3ncccc23)c2c(NS(C)(=O)=O)cccc2c1O. The maximum absolute atomic E-state index is 12.3. The number of phenolic OH excluding ortho intramolecular Hbond substituents is 1. The summed E-state index contributed by atoms with van der Waals surface area (Å²) in [5.41, 5.74) is 1.15. The van der Waals surface area contributed by atoms with Crippen LogP contribution in [0.2, 0.25) is 0 Å². The molecule has 0 atom stereocenters. The molecule has 0 radical (unpaired) electrons. The van der Waals surface area contributed by atoms with E-state index in [-0.39, 0.29) is 34.6 Å². The molecule has 0 aliphatic carbocycles. The first-order valence-electron chi connectivity index (χ1n) is 9.83. The second-order valence-electron chi connectivity index (χ2n) is 7.60. The Hall–Kier alpha value is -3.64. The van der Waals surface area contributed by atoms with Crippen LogP contribution in [0, 0.1) is 5.92 Å². The molecule has 2 aromatic heterocycles. The Bertz CT molecular complexity index is 1510. The molecule has 4 aromatic rings. The normalized spacial score (nSPS) is 12.1. The van der Waals surface area contributed by atoms with Gasteiger partial charge in [-0.3, -0.25) is 9.52 Å². The first kappa shape index (κ1) is 22.6. The van der Waals surface area contributed by atoms with Crippen molar-refractivity contribution in [1.29, 1.82) is 0 Å². The molecule has 0 saturated heterocycles. The van der Waals surface area contributed by atoms with Crippen molar-refractivity contribution in [2.24, 2.45) is 16.1 Å². The van der Waals surface area contributed by atoms with E-state index < -0.39 is 10.0 Å². The zero-order valence-electron chi connectivity index (χ0n) is 17.9. The Morgan fingerprint density at radius 2 is 1.88 bits per heavy atom. The number of pyridine rings is 1. The molecule has 12 heteroatoms. The highest BCUT2D eigenvalue weighted by Gasteiger charge is 2.19. The first-order chi connectivity index (χ1) is 15.6. The third-order valence-electron chi connectivity index (χ3n) is 4.67. The Labute approximate surface area is 193 Å². The topological polar surface area (TPSA) is 146 Å². The van der Waals surface area contributed by atoms with Crippen LogP contribution in [0.3, 0.4) is 0 Å². The number of sulfonamides is 1. The molecular weight excluding hydrogens is 464 g/mol. The maximum atomic E-state index is 12.3. The lowest BCUT2D eigenvalue weighted by Crippen LogP contribution is -2.17. The summed E-state index contributed by atoms with van der Waals surface area (Å²) in [6.07, 6.45) is 2.66. The van der Waals surface area contributed by atoms with Gasteiger partial charge in [-0.15, -0.1) is 10.2 Å². The van der Waals surface area contributed by atoms with Crippen LogP contribution < -0.4 is 10.0 Å². The van der Waals surface area contributed by atoms with Crippen molar-refractivity contribution >= 4 is 71.3 Å². The van der Waals surface area contributed by atoms with Gasteiger partial charge in [0.25, 0.3) is 0 Å². The van der Waals surface area contributed by atoms with Crippen LogP contribution in [-0.2, 0) is 14.8 Å². The molecule has 0 spiro atoms. The monoisotopic (exact) mass is 484 g/mol. The van der Waals surface area contributed by atoms with E-state index in [9.17, 15) is 18.3 Å². The summed E-state index contributed by atoms with van der Waals surface area (Å²) in [5.74, 6) is -0.820. The van der Waals surface area contributed by atoms with Crippen molar-refractivity contribution in [3.63, 3.8) is 0 Å². The number of amides is 1. The van der Waals surface area contributed by atoms with Gasteiger partial charge in [-0.05, 0) is 35.8 Å². The summed E-state index contributed by atoms with van der Waals surface area (Å²) in [6, 6.07) is 9.79. The molecule has 3 N–H and O–H groups in total. The van der Waals surface area contributed by atoms with Crippen LogP contribution in [0.4, 0.5) is 22.1 Å². The van der Waals surface area contributed by atoms with Gasteiger partial charge in [0.2, 0.25) is 15.9 Å². The number of hydrogen-bond acceptors (Lipinski definition) is 9. The van der Waals surface area contributed by atoms with Crippen LogP contribution in [0.1, 0.15) is 13.8 Å². The fraction of sp³-hybridized carbons (Fsp3) is 0.190. The minimum Gasteiger partial charge on any atom is -0.505 e. The van der Waals surface area contributed by atoms with Gasteiger partial charge in [-0.2, -0.15) is 4.37 Å². The van der Waals surface area contributed by atoms with E-state index in [2.05, 4.69) is 29.6 Å². The van der Waals surface area contributed by atoms with Crippen molar-refractivity contribution in [3.8, 4) is 5.75 Å². The molecule has 33 heavy (non-hydrogen) atoms. The van der Waals surface area contributed by atoms with E-state index >= 15 is 0 Å². The number of carbonyl (C=O) groups excluding carboxylic acids is 1. The minimum absolute atomic E-state index is 0.141. The number of fused-ring (bicyclic) bond motifs is 2. The molecule has 2 aromatic carbocycles. The highest BCUT2D eigenvalue weighted by Crippen LogP contribution is 2.44. The molecule has 0 saturated carbocycles. The molecule has 0 unspecified atom stereocenters. The molecule has 2 heterocycles. The number of phenols is 1. The summed E-state index contributed by atoms with van der Waals surface area (Å²) in [4.78, 5) is 16.5. The molecule has 0 fully saturated rings. The second kappa shape index (κ2) is 8.71. The lowest BCUT2D eigenvalue weighted by Gasteiger charge is -2.15. The Morgan fingerprint density at radius 1 is 1.12 bits per heavy atom. The number of aromatic hydroxyl groups is 1. The average Bonchev–Trinajstić information content (AvgIpc) is 3.17. The van der Waals surface area contributed by atoms with Gasteiger partial charge in [0, 0.05) is 22.9 Å². The van der Waals surface area contributed by atoms with Crippen LogP contribution in [-0.4, -0.2) is 35.0 Å². The van der Waals surface area contributed by atoms with Crippen molar-refractivity contribution in [2.45, 2.75) is 13.8 Å². The lowest BCUT2D eigenvalue weighted by molar-refractivity contribution is -0.118. The number of aromatic nitrogens is 2. The van der Waals surface area contributed by atoms with Crippen molar-refractivity contribution < 1.29 is 18.3 Å². The molecule has 170 valence electrons. The molecule has 0 bridgehead atoms. The summed E-state index contributed by atoms with van der Waals surface area (Å²) < 4.78 is 30.5. The van der Waals surface area contributed by atoms with E-state index in [4.69, 9.17) is 0 Å². The highest BCUT2D eigenvalue weighted by atomic mass is 32.2. The van der Waals surface area contributed by atoms with E-state index in [0.717, 1.165) is 23.2 Å².